The lowest BCUT2D eigenvalue weighted by atomic mass is 9.83. The molecule has 0 radical (unpaired) electrons. The average Bonchev–Trinajstić information content (AvgIpc) is 2.56. The first-order valence-corrected chi connectivity index (χ1v) is 8.27. The van der Waals surface area contributed by atoms with Crippen LogP contribution in [0.25, 0.3) is 0 Å². The molecule has 1 aromatic rings. The maximum Gasteiger partial charge on any atom is 0.168 e. The van der Waals surface area contributed by atoms with E-state index in [9.17, 15) is 9.90 Å². The van der Waals surface area contributed by atoms with Crippen LogP contribution in [0.15, 0.2) is 46.7 Å². The molecule has 116 valence electrons. The van der Waals surface area contributed by atoms with Gasteiger partial charge in [-0.05, 0) is 24.3 Å². The number of benzene rings is 1. The van der Waals surface area contributed by atoms with E-state index in [2.05, 4.69) is 4.99 Å². The number of carbonyl (C=O) groups is 1. The number of hydrogen-bond donors (Lipinski definition) is 1. The second-order valence-electron chi connectivity index (χ2n) is 6.37. The molecule has 0 bridgehead atoms. The summed E-state index contributed by atoms with van der Waals surface area (Å²) in [5.74, 6) is 0.294. The van der Waals surface area contributed by atoms with Gasteiger partial charge in [0.15, 0.2) is 5.78 Å². The summed E-state index contributed by atoms with van der Waals surface area (Å²) in [4.78, 5) is 16.9. The maximum absolute atomic E-state index is 12.4. The smallest absolute Gasteiger partial charge is 0.168 e. The van der Waals surface area contributed by atoms with Crippen molar-refractivity contribution in [2.24, 2.45) is 4.99 Å². The van der Waals surface area contributed by atoms with Crippen LogP contribution >= 0.6 is 0 Å². The van der Waals surface area contributed by atoms with Gasteiger partial charge in [-0.15, -0.1) is 0 Å². The minimum absolute atomic E-state index is 0.0113. The van der Waals surface area contributed by atoms with Crippen molar-refractivity contribution >= 4 is 12.0 Å². The van der Waals surface area contributed by atoms with Crippen LogP contribution in [0.3, 0.4) is 0 Å². The molecule has 3 rings (SSSR count). The van der Waals surface area contributed by atoms with Crippen molar-refractivity contribution < 1.29 is 9.90 Å². The van der Waals surface area contributed by atoms with E-state index in [1.54, 1.807) is 6.21 Å². The van der Waals surface area contributed by atoms with Crippen molar-refractivity contribution in [3.8, 4) is 0 Å². The van der Waals surface area contributed by atoms with Crippen LogP contribution in [0, 0.1) is 0 Å². The molecule has 22 heavy (non-hydrogen) atoms. The molecule has 0 aromatic heterocycles. The van der Waals surface area contributed by atoms with E-state index in [-0.39, 0.29) is 17.5 Å². The fourth-order valence-corrected chi connectivity index (χ4v) is 3.43. The molecule has 1 saturated carbocycles. The molecular weight excluding hydrogens is 274 g/mol. The van der Waals surface area contributed by atoms with E-state index in [1.165, 1.54) is 19.3 Å². The molecule has 2 aliphatic carbocycles. The number of hydrogen-bond acceptors (Lipinski definition) is 3. The number of aliphatic hydroxyl groups excluding tert-OH is 1. The van der Waals surface area contributed by atoms with Crippen molar-refractivity contribution in [1.82, 2.24) is 0 Å². The summed E-state index contributed by atoms with van der Waals surface area (Å²) in [5, 5.41) is 10.3. The maximum atomic E-state index is 12.4. The number of aliphatic imine (C=N–C) groups is 1. The summed E-state index contributed by atoms with van der Waals surface area (Å²) >= 11 is 0. The molecule has 1 atom stereocenters. The molecule has 2 aliphatic rings. The topological polar surface area (TPSA) is 49.7 Å². The normalized spacial score (nSPS) is 24.2. The van der Waals surface area contributed by atoms with Gasteiger partial charge < -0.3 is 5.11 Å². The molecule has 1 aromatic carbocycles. The minimum atomic E-state index is 0.0113. The monoisotopic (exact) mass is 297 g/mol. The molecule has 0 amide bonds. The third-order valence-corrected chi connectivity index (χ3v) is 4.74. The van der Waals surface area contributed by atoms with Gasteiger partial charge in [-0.2, -0.15) is 0 Å². The summed E-state index contributed by atoms with van der Waals surface area (Å²) in [6.45, 7) is 0. The molecule has 3 nitrogen and oxygen atoms in total. The summed E-state index contributed by atoms with van der Waals surface area (Å²) in [5.41, 5.74) is 1.54. The Morgan fingerprint density at radius 3 is 2.45 bits per heavy atom. The zero-order chi connectivity index (χ0) is 15.4. The van der Waals surface area contributed by atoms with Crippen LogP contribution in [0.5, 0.6) is 0 Å². The van der Waals surface area contributed by atoms with Crippen LogP contribution in [-0.4, -0.2) is 23.1 Å². The Morgan fingerprint density at radius 2 is 1.77 bits per heavy atom. The predicted molar refractivity (Wildman–Crippen MR) is 88.4 cm³/mol. The number of rotatable bonds is 3. The number of allylic oxidation sites excluding steroid dienone is 2. The fraction of sp³-hybridized carbons (Fsp3) is 0.474. The Hall–Kier alpha value is -1.90. The molecular formula is C19H23NO2. The fourth-order valence-electron chi connectivity index (χ4n) is 3.43. The second-order valence-corrected chi connectivity index (χ2v) is 6.37. The first kappa shape index (κ1) is 15.0. The molecule has 0 aliphatic heterocycles. The first-order chi connectivity index (χ1) is 10.7. The van der Waals surface area contributed by atoms with Crippen LogP contribution in [0.1, 0.15) is 56.4 Å². The van der Waals surface area contributed by atoms with Gasteiger partial charge in [0.25, 0.3) is 0 Å². The lowest BCUT2D eigenvalue weighted by molar-refractivity contribution is -0.116. The predicted octanol–water partition coefficient (Wildman–Crippen LogP) is 4.35. The van der Waals surface area contributed by atoms with Gasteiger partial charge in [-0.25, -0.2) is 0 Å². The van der Waals surface area contributed by atoms with Crippen LogP contribution in [0.4, 0.5) is 0 Å². The largest absolute Gasteiger partial charge is 0.511 e. The Labute approximate surface area is 131 Å². The van der Waals surface area contributed by atoms with Crippen molar-refractivity contribution in [1.29, 1.82) is 0 Å². The quantitative estimate of drug-likeness (QED) is 0.843. The Morgan fingerprint density at radius 1 is 1.05 bits per heavy atom. The van der Waals surface area contributed by atoms with Crippen molar-refractivity contribution in [3.05, 3.63) is 47.2 Å². The van der Waals surface area contributed by atoms with Gasteiger partial charge >= 0.3 is 0 Å². The van der Waals surface area contributed by atoms with E-state index in [0.717, 1.165) is 18.4 Å². The van der Waals surface area contributed by atoms with Crippen LogP contribution < -0.4 is 0 Å². The van der Waals surface area contributed by atoms with E-state index in [1.807, 2.05) is 30.3 Å². The number of ketones is 1. The summed E-state index contributed by atoms with van der Waals surface area (Å²) in [7, 11) is 0. The van der Waals surface area contributed by atoms with Crippen molar-refractivity contribution in [3.63, 3.8) is 0 Å². The van der Waals surface area contributed by atoms with Crippen LogP contribution in [-0.2, 0) is 4.79 Å². The summed E-state index contributed by atoms with van der Waals surface area (Å²) < 4.78 is 0. The first-order valence-electron chi connectivity index (χ1n) is 8.27. The summed E-state index contributed by atoms with van der Waals surface area (Å²) in [6.07, 6.45) is 8.55. The van der Waals surface area contributed by atoms with Crippen molar-refractivity contribution in [2.45, 2.75) is 56.9 Å². The third kappa shape index (κ3) is 3.46. The zero-order valence-electron chi connectivity index (χ0n) is 12.9. The second kappa shape index (κ2) is 6.91. The third-order valence-electron chi connectivity index (χ3n) is 4.74. The number of aliphatic hydroxyl groups is 1. The lowest BCUT2D eigenvalue weighted by Gasteiger charge is -2.23. The van der Waals surface area contributed by atoms with E-state index in [0.29, 0.717) is 24.5 Å². The summed E-state index contributed by atoms with van der Waals surface area (Å²) in [6, 6.07) is 10.3. The van der Waals surface area contributed by atoms with Gasteiger partial charge in [0, 0.05) is 25.1 Å². The van der Waals surface area contributed by atoms with Gasteiger partial charge in [0.05, 0.1) is 5.57 Å². The Balaban J connectivity index is 1.72. The zero-order valence-corrected chi connectivity index (χ0v) is 12.9. The van der Waals surface area contributed by atoms with Crippen molar-refractivity contribution in [2.75, 3.05) is 0 Å². The standard InChI is InChI=1S/C19H23NO2/c21-18-11-15(14-7-3-1-4-8-14)12-19(22)17(18)13-20-16-9-5-2-6-10-16/h1,3-4,7-8,13,15-16,21H,2,5-6,9-12H2. The lowest BCUT2D eigenvalue weighted by Crippen LogP contribution is -2.20. The number of nitrogens with zero attached hydrogens (tertiary/aromatic N) is 1. The highest BCUT2D eigenvalue weighted by atomic mass is 16.3. The van der Waals surface area contributed by atoms with Gasteiger partial charge in [-0.1, -0.05) is 49.6 Å². The van der Waals surface area contributed by atoms with Crippen LogP contribution in [0.2, 0.25) is 0 Å². The molecule has 1 unspecified atom stereocenters. The number of carbonyl (C=O) groups excluding carboxylic acids is 1. The highest BCUT2D eigenvalue weighted by Crippen LogP contribution is 2.33. The van der Waals surface area contributed by atoms with E-state index >= 15 is 0 Å². The highest BCUT2D eigenvalue weighted by Gasteiger charge is 2.27. The molecule has 0 saturated heterocycles. The van der Waals surface area contributed by atoms with Gasteiger partial charge in [-0.3, -0.25) is 9.79 Å². The molecule has 1 fully saturated rings. The molecule has 1 N–H and O–H groups in total. The highest BCUT2D eigenvalue weighted by molar-refractivity contribution is 6.14. The Kier molecular flexibility index (Phi) is 4.71. The number of Topliss-reactive ketones (excluding diaryl/α,β-unsaturated/α-hetero) is 1. The van der Waals surface area contributed by atoms with E-state index < -0.39 is 0 Å². The van der Waals surface area contributed by atoms with Gasteiger partial charge in [0.2, 0.25) is 0 Å². The Bertz CT molecular complexity index is 583. The average molecular weight is 297 g/mol. The molecule has 3 heteroatoms. The van der Waals surface area contributed by atoms with Gasteiger partial charge in [0.1, 0.15) is 5.76 Å². The molecule has 0 heterocycles. The van der Waals surface area contributed by atoms with E-state index in [4.69, 9.17) is 0 Å². The SMILES string of the molecule is O=C1CC(c2ccccc2)CC(O)=C1C=NC1CCCCC1. The molecule has 0 spiro atoms. The minimum Gasteiger partial charge on any atom is -0.511 e.